The molecule has 0 aliphatic rings. The number of halogens is 4. The molecule has 3 aromatic rings. The van der Waals surface area contributed by atoms with Crippen LogP contribution in [0.3, 0.4) is 0 Å². The lowest BCUT2D eigenvalue weighted by atomic mass is 10.1. The van der Waals surface area contributed by atoms with Gasteiger partial charge in [-0.15, -0.1) is 0 Å². The van der Waals surface area contributed by atoms with Crippen molar-refractivity contribution in [3.8, 4) is 0 Å². The Hall–Kier alpha value is -3.01. The van der Waals surface area contributed by atoms with Gasteiger partial charge in [0, 0.05) is 5.56 Å². The van der Waals surface area contributed by atoms with Crippen LogP contribution in [0, 0.1) is 5.82 Å². The number of carboxylic acids is 1. The number of hydrogen-bond donors (Lipinski definition) is 1. The highest BCUT2D eigenvalue weighted by molar-refractivity contribution is 7.16. The quantitative estimate of drug-likeness (QED) is 0.618. The SMILES string of the molecule is CCC(C(=O)O)n1c(=NC(=O)c2cccc(C(F)(F)F)c2)sc2cc(F)ccc21. The monoisotopic (exact) mass is 426 g/mol. The third-order valence-electron chi connectivity index (χ3n) is 4.21. The molecule has 1 heterocycles. The molecule has 2 aromatic carbocycles. The number of amides is 1. The van der Waals surface area contributed by atoms with Crippen molar-refractivity contribution < 1.29 is 32.3 Å². The van der Waals surface area contributed by atoms with E-state index < -0.39 is 35.5 Å². The number of carbonyl (C=O) groups excluding carboxylic acids is 1. The second-order valence-electron chi connectivity index (χ2n) is 6.12. The van der Waals surface area contributed by atoms with E-state index in [4.69, 9.17) is 0 Å². The van der Waals surface area contributed by atoms with Crippen molar-refractivity contribution in [2.45, 2.75) is 25.6 Å². The topological polar surface area (TPSA) is 71.7 Å². The van der Waals surface area contributed by atoms with Gasteiger partial charge < -0.3 is 9.67 Å². The van der Waals surface area contributed by atoms with E-state index in [-0.39, 0.29) is 16.8 Å². The zero-order valence-corrected chi connectivity index (χ0v) is 15.7. The molecule has 3 rings (SSSR count). The van der Waals surface area contributed by atoms with Crippen molar-refractivity contribution in [2.75, 3.05) is 0 Å². The maximum atomic E-state index is 13.6. The number of hydrogen-bond acceptors (Lipinski definition) is 3. The Kier molecular flexibility index (Phi) is 5.56. The molecule has 0 saturated carbocycles. The number of fused-ring (bicyclic) bond motifs is 1. The van der Waals surface area contributed by atoms with E-state index >= 15 is 0 Å². The molecular weight excluding hydrogens is 412 g/mol. The van der Waals surface area contributed by atoms with E-state index in [2.05, 4.69) is 4.99 Å². The lowest BCUT2D eigenvalue weighted by Crippen LogP contribution is -2.27. The number of carboxylic acid groups (broad SMARTS) is 1. The first-order chi connectivity index (χ1) is 13.6. The van der Waals surface area contributed by atoms with Crippen LogP contribution < -0.4 is 4.80 Å². The summed E-state index contributed by atoms with van der Waals surface area (Å²) in [6.45, 7) is 1.62. The van der Waals surface area contributed by atoms with Crippen molar-refractivity contribution in [2.24, 2.45) is 4.99 Å². The van der Waals surface area contributed by atoms with Gasteiger partial charge in [-0.2, -0.15) is 18.2 Å². The number of rotatable bonds is 4. The number of thiazole rings is 1. The van der Waals surface area contributed by atoms with Crippen LogP contribution in [0.5, 0.6) is 0 Å². The van der Waals surface area contributed by atoms with Crippen LogP contribution in [0.2, 0.25) is 0 Å². The van der Waals surface area contributed by atoms with Crippen LogP contribution in [-0.2, 0) is 11.0 Å². The molecule has 5 nitrogen and oxygen atoms in total. The largest absolute Gasteiger partial charge is 0.480 e. The molecule has 0 fully saturated rings. The van der Waals surface area contributed by atoms with Gasteiger partial charge in [0.15, 0.2) is 4.80 Å². The minimum Gasteiger partial charge on any atom is -0.480 e. The van der Waals surface area contributed by atoms with Gasteiger partial charge in [-0.05, 0) is 42.8 Å². The summed E-state index contributed by atoms with van der Waals surface area (Å²) in [5.74, 6) is -2.69. The zero-order valence-electron chi connectivity index (χ0n) is 14.9. The Morgan fingerprint density at radius 2 is 1.93 bits per heavy atom. The van der Waals surface area contributed by atoms with Crippen LogP contribution in [0.15, 0.2) is 47.5 Å². The predicted molar refractivity (Wildman–Crippen MR) is 98.1 cm³/mol. The Labute approximate surface area is 165 Å². The van der Waals surface area contributed by atoms with Gasteiger partial charge in [0.25, 0.3) is 5.91 Å². The summed E-state index contributed by atoms with van der Waals surface area (Å²) in [7, 11) is 0. The van der Waals surface area contributed by atoms with Gasteiger partial charge in [0.05, 0.1) is 15.8 Å². The van der Waals surface area contributed by atoms with Gasteiger partial charge in [-0.25, -0.2) is 9.18 Å². The molecule has 1 aromatic heterocycles. The van der Waals surface area contributed by atoms with Crippen LogP contribution in [0.4, 0.5) is 17.6 Å². The van der Waals surface area contributed by atoms with Gasteiger partial charge in [0.1, 0.15) is 11.9 Å². The molecule has 29 heavy (non-hydrogen) atoms. The number of benzene rings is 2. The Morgan fingerprint density at radius 1 is 1.21 bits per heavy atom. The molecule has 152 valence electrons. The third kappa shape index (κ3) is 4.21. The lowest BCUT2D eigenvalue weighted by Gasteiger charge is -2.13. The minimum absolute atomic E-state index is 0.0396. The molecule has 1 amide bonds. The number of nitrogens with zero attached hydrogens (tertiary/aromatic N) is 2. The highest BCUT2D eigenvalue weighted by atomic mass is 32.1. The smallest absolute Gasteiger partial charge is 0.416 e. The van der Waals surface area contributed by atoms with E-state index in [1.807, 2.05) is 0 Å². The fraction of sp³-hybridized carbons (Fsp3) is 0.211. The number of aliphatic carboxylic acids is 1. The maximum Gasteiger partial charge on any atom is 0.416 e. The molecule has 0 aliphatic heterocycles. The molecule has 0 spiro atoms. The maximum absolute atomic E-state index is 13.6. The normalized spacial score (nSPS) is 13.6. The summed E-state index contributed by atoms with van der Waals surface area (Å²) < 4.78 is 53.9. The molecule has 0 saturated heterocycles. The zero-order chi connectivity index (χ0) is 21.3. The van der Waals surface area contributed by atoms with Crippen molar-refractivity contribution in [3.05, 3.63) is 64.2 Å². The summed E-state index contributed by atoms with van der Waals surface area (Å²) in [5, 5.41) is 9.52. The predicted octanol–water partition coefficient (Wildman–Crippen LogP) is 4.64. The molecule has 1 atom stereocenters. The van der Waals surface area contributed by atoms with E-state index in [1.165, 1.54) is 22.8 Å². The van der Waals surface area contributed by atoms with Crippen LogP contribution in [0.25, 0.3) is 10.2 Å². The number of carbonyl (C=O) groups is 2. The lowest BCUT2D eigenvalue weighted by molar-refractivity contribution is -0.141. The first kappa shape index (κ1) is 20.7. The molecule has 0 bridgehead atoms. The molecule has 0 aliphatic carbocycles. The second kappa shape index (κ2) is 7.78. The van der Waals surface area contributed by atoms with Crippen LogP contribution in [0.1, 0.15) is 35.3 Å². The second-order valence-corrected chi connectivity index (χ2v) is 7.13. The van der Waals surface area contributed by atoms with Gasteiger partial charge in [0.2, 0.25) is 0 Å². The van der Waals surface area contributed by atoms with Gasteiger partial charge >= 0.3 is 12.1 Å². The highest BCUT2D eigenvalue weighted by Gasteiger charge is 2.31. The van der Waals surface area contributed by atoms with Gasteiger partial charge in [-0.1, -0.05) is 24.3 Å². The van der Waals surface area contributed by atoms with E-state index in [0.717, 1.165) is 29.5 Å². The van der Waals surface area contributed by atoms with E-state index in [9.17, 15) is 32.3 Å². The fourth-order valence-electron chi connectivity index (χ4n) is 2.84. The van der Waals surface area contributed by atoms with Crippen LogP contribution >= 0.6 is 11.3 Å². The molecule has 1 N–H and O–H groups in total. The first-order valence-corrected chi connectivity index (χ1v) is 9.23. The molecular formula is C19H14F4N2O3S. The minimum atomic E-state index is -4.62. The summed E-state index contributed by atoms with van der Waals surface area (Å²) in [6, 6.07) is 6.41. The highest BCUT2D eigenvalue weighted by Crippen LogP contribution is 2.30. The number of aromatic nitrogens is 1. The van der Waals surface area contributed by atoms with E-state index in [0.29, 0.717) is 16.3 Å². The fourth-order valence-corrected chi connectivity index (χ4v) is 3.94. The van der Waals surface area contributed by atoms with Crippen LogP contribution in [-0.4, -0.2) is 21.6 Å². The van der Waals surface area contributed by atoms with E-state index in [1.54, 1.807) is 6.92 Å². The summed E-state index contributed by atoms with van der Waals surface area (Å²) >= 11 is 0.882. The van der Waals surface area contributed by atoms with Crippen molar-refractivity contribution >= 4 is 33.4 Å². The first-order valence-electron chi connectivity index (χ1n) is 8.41. The summed E-state index contributed by atoms with van der Waals surface area (Å²) in [6.07, 6.45) is -4.47. The summed E-state index contributed by atoms with van der Waals surface area (Å²) in [4.78, 5) is 28.0. The standard InChI is InChI=1S/C19H14F4N2O3S/c1-2-13(17(27)28)25-14-7-6-12(20)9-15(14)29-18(25)24-16(26)10-4-3-5-11(8-10)19(21,22)23/h3-9,13H,2H2,1H3,(H,27,28). The summed E-state index contributed by atoms with van der Waals surface area (Å²) in [5.41, 5.74) is -0.929. The average Bonchev–Trinajstić information content (AvgIpc) is 2.98. The Balaban J connectivity index is 2.19. The van der Waals surface area contributed by atoms with Crippen molar-refractivity contribution in [1.82, 2.24) is 4.57 Å². The number of alkyl halides is 3. The molecule has 0 radical (unpaired) electrons. The molecule has 1 unspecified atom stereocenters. The Morgan fingerprint density at radius 3 is 2.55 bits per heavy atom. The molecule has 10 heteroatoms. The third-order valence-corrected chi connectivity index (χ3v) is 5.22. The van der Waals surface area contributed by atoms with Crippen molar-refractivity contribution in [1.29, 1.82) is 0 Å². The van der Waals surface area contributed by atoms with Crippen molar-refractivity contribution in [3.63, 3.8) is 0 Å². The Bertz CT molecular complexity index is 1160. The van der Waals surface area contributed by atoms with Gasteiger partial charge in [-0.3, -0.25) is 4.79 Å². The average molecular weight is 426 g/mol.